The lowest BCUT2D eigenvalue weighted by Crippen LogP contribution is -2.40. The van der Waals surface area contributed by atoms with Gasteiger partial charge in [0.1, 0.15) is 0 Å². The van der Waals surface area contributed by atoms with E-state index in [1.54, 1.807) is 0 Å². The topological polar surface area (TPSA) is 76.4 Å². The zero-order valence-electron chi connectivity index (χ0n) is 22.4. The number of nitriles is 1. The van der Waals surface area contributed by atoms with E-state index in [9.17, 15) is 14.9 Å². The normalized spacial score (nSPS) is 22.6. The highest BCUT2D eigenvalue weighted by Crippen LogP contribution is 2.43. The summed E-state index contributed by atoms with van der Waals surface area (Å²) in [7, 11) is 0. The number of imide groups is 1. The van der Waals surface area contributed by atoms with Gasteiger partial charge in [0.25, 0.3) is 5.91 Å². The van der Waals surface area contributed by atoms with Crippen LogP contribution >= 0.6 is 0 Å². The zero-order chi connectivity index (χ0) is 26.9. The number of amides is 2. The number of benzene rings is 3. The highest BCUT2D eigenvalue weighted by molar-refractivity contribution is 6.22. The Morgan fingerprint density at radius 3 is 2.31 bits per heavy atom. The molecule has 3 aliphatic rings. The number of unbranched alkanes of at least 4 members (excludes halogenated alkanes) is 1. The fraction of sp³-hybridized carbons (Fsp3) is 0.364. The van der Waals surface area contributed by atoms with Gasteiger partial charge in [-0.1, -0.05) is 55.3 Å². The maximum absolute atomic E-state index is 12.9. The summed E-state index contributed by atoms with van der Waals surface area (Å²) in [4.78, 5) is 29.5. The molecule has 0 spiro atoms. The molecule has 3 atom stereocenters. The third-order valence-electron chi connectivity index (χ3n) is 8.53. The molecule has 6 nitrogen and oxygen atoms in total. The first kappa shape index (κ1) is 25.3. The highest BCUT2D eigenvalue weighted by Gasteiger charge is 2.40. The molecule has 3 aromatic carbocycles. The first-order valence-corrected chi connectivity index (χ1v) is 14.2. The quantitative estimate of drug-likeness (QED) is 0.309. The van der Waals surface area contributed by atoms with Crippen LogP contribution < -0.4 is 15.1 Å². The molecule has 1 N–H and O–H groups in total. The Morgan fingerprint density at radius 2 is 1.62 bits per heavy atom. The summed E-state index contributed by atoms with van der Waals surface area (Å²) < 4.78 is 0. The van der Waals surface area contributed by atoms with Gasteiger partial charge in [0, 0.05) is 23.2 Å². The molecule has 3 saturated heterocycles. The molecule has 39 heavy (non-hydrogen) atoms. The molecule has 0 saturated carbocycles. The van der Waals surface area contributed by atoms with Gasteiger partial charge in [0.05, 0.1) is 29.8 Å². The number of carbonyl (C=O) groups excluding carboxylic acids is 2. The molecule has 6 rings (SSSR count). The Morgan fingerprint density at radius 1 is 0.923 bits per heavy atom. The van der Waals surface area contributed by atoms with Crippen LogP contribution in [-0.2, 0) is 9.59 Å². The van der Waals surface area contributed by atoms with E-state index in [1.165, 1.54) is 16.0 Å². The third-order valence-corrected chi connectivity index (χ3v) is 8.53. The summed E-state index contributed by atoms with van der Waals surface area (Å²) in [6.07, 6.45) is 8.95. The van der Waals surface area contributed by atoms with Crippen LogP contribution in [0.25, 0.3) is 16.8 Å². The Bertz CT molecular complexity index is 1470. The number of piperidine rings is 1. The van der Waals surface area contributed by atoms with E-state index < -0.39 is 6.04 Å². The Hall–Kier alpha value is -3.95. The summed E-state index contributed by atoms with van der Waals surface area (Å²) in [5.74, 6) is -0.281. The number of nitrogens with one attached hydrogen (secondary N) is 1. The van der Waals surface area contributed by atoms with Crippen LogP contribution in [0.2, 0.25) is 0 Å². The standard InChI is InChI=1S/C33H34N4O2/c1-2-3-16-35-31-20-32(38)37(33(31)39)26-12-10-25(11-13-26)36-27-14-15-28(36)19-22(18-27)17-23-8-9-24(21-34)30-7-5-4-6-29(23)30/h4-13,17,27-28,31,35H,2-3,14-16,18-20H2,1H3. The summed E-state index contributed by atoms with van der Waals surface area (Å²) in [5.41, 5.74) is 5.17. The summed E-state index contributed by atoms with van der Waals surface area (Å²) in [5, 5.41) is 14.9. The predicted octanol–water partition coefficient (Wildman–Crippen LogP) is 5.95. The lowest BCUT2D eigenvalue weighted by molar-refractivity contribution is -0.121. The number of hydrogen-bond acceptors (Lipinski definition) is 5. The molecule has 0 radical (unpaired) electrons. The lowest BCUT2D eigenvalue weighted by Gasteiger charge is -2.38. The number of rotatable bonds is 7. The van der Waals surface area contributed by atoms with Gasteiger partial charge in [0.2, 0.25) is 5.91 Å². The molecule has 0 aliphatic carbocycles. The van der Waals surface area contributed by atoms with Crippen molar-refractivity contribution in [1.82, 2.24) is 5.32 Å². The van der Waals surface area contributed by atoms with Gasteiger partial charge in [-0.3, -0.25) is 9.59 Å². The second kappa shape index (κ2) is 10.7. The molecule has 0 aromatic heterocycles. The van der Waals surface area contributed by atoms with E-state index in [-0.39, 0.29) is 18.2 Å². The van der Waals surface area contributed by atoms with Crippen molar-refractivity contribution < 1.29 is 9.59 Å². The van der Waals surface area contributed by atoms with E-state index in [1.807, 2.05) is 36.4 Å². The van der Waals surface area contributed by atoms with Crippen molar-refractivity contribution in [3.05, 3.63) is 77.4 Å². The van der Waals surface area contributed by atoms with Crippen molar-refractivity contribution >= 4 is 40.0 Å². The average molecular weight is 519 g/mol. The van der Waals surface area contributed by atoms with Gasteiger partial charge < -0.3 is 10.2 Å². The second-order valence-electron chi connectivity index (χ2n) is 11.0. The average Bonchev–Trinajstić information content (AvgIpc) is 3.39. The van der Waals surface area contributed by atoms with Gasteiger partial charge in [-0.2, -0.15) is 5.26 Å². The van der Waals surface area contributed by atoms with Crippen LogP contribution in [-0.4, -0.2) is 36.5 Å². The van der Waals surface area contributed by atoms with Crippen LogP contribution in [0.4, 0.5) is 11.4 Å². The van der Waals surface area contributed by atoms with Gasteiger partial charge in [-0.25, -0.2) is 4.90 Å². The molecule has 3 fully saturated rings. The van der Waals surface area contributed by atoms with Crippen molar-refractivity contribution in [3.8, 4) is 6.07 Å². The van der Waals surface area contributed by atoms with Crippen LogP contribution in [0, 0.1) is 11.3 Å². The summed E-state index contributed by atoms with van der Waals surface area (Å²) in [6, 6.07) is 22.9. The molecule has 3 aromatic rings. The molecule has 3 heterocycles. The largest absolute Gasteiger partial charge is 0.365 e. The van der Waals surface area contributed by atoms with Crippen LogP contribution in [0.3, 0.4) is 0 Å². The zero-order valence-corrected chi connectivity index (χ0v) is 22.4. The second-order valence-corrected chi connectivity index (χ2v) is 11.0. The molecular formula is C33H34N4O2. The van der Waals surface area contributed by atoms with E-state index in [2.05, 4.69) is 53.6 Å². The van der Waals surface area contributed by atoms with Gasteiger partial charge in [0.15, 0.2) is 0 Å². The summed E-state index contributed by atoms with van der Waals surface area (Å²) >= 11 is 0. The summed E-state index contributed by atoms with van der Waals surface area (Å²) in [6.45, 7) is 2.86. The van der Waals surface area contributed by atoms with E-state index in [0.717, 1.165) is 61.5 Å². The third kappa shape index (κ3) is 4.72. The number of nitrogens with zero attached hydrogens (tertiary/aromatic N) is 3. The van der Waals surface area contributed by atoms with Crippen LogP contribution in [0.5, 0.6) is 0 Å². The van der Waals surface area contributed by atoms with Crippen molar-refractivity contribution in [3.63, 3.8) is 0 Å². The van der Waals surface area contributed by atoms with Crippen LogP contribution in [0.15, 0.2) is 66.2 Å². The predicted molar refractivity (Wildman–Crippen MR) is 155 cm³/mol. The Kier molecular flexibility index (Phi) is 6.93. The minimum Gasteiger partial charge on any atom is -0.365 e. The number of carbonyl (C=O) groups is 2. The fourth-order valence-corrected chi connectivity index (χ4v) is 6.65. The highest BCUT2D eigenvalue weighted by atomic mass is 16.2. The monoisotopic (exact) mass is 518 g/mol. The molecule has 198 valence electrons. The molecule has 3 unspecified atom stereocenters. The van der Waals surface area contributed by atoms with Crippen molar-refractivity contribution in [1.29, 1.82) is 5.26 Å². The molecule has 6 heteroatoms. The number of hydrogen-bond donors (Lipinski definition) is 1. The smallest absolute Gasteiger partial charge is 0.251 e. The Labute approximate surface area is 229 Å². The van der Waals surface area contributed by atoms with Crippen molar-refractivity contribution in [2.75, 3.05) is 16.3 Å². The Balaban J connectivity index is 1.18. The van der Waals surface area contributed by atoms with E-state index in [0.29, 0.717) is 23.3 Å². The molecule has 2 bridgehead atoms. The fourth-order valence-electron chi connectivity index (χ4n) is 6.65. The number of fused-ring (bicyclic) bond motifs is 3. The van der Waals surface area contributed by atoms with E-state index >= 15 is 0 Å². The van der Waals surface area contributed by atoms with Gasteiger partial charge >= 0.3 is 0 Å². The SMILES string of the molecule is CCCCNC1CC(=O)N(c2ccc(N3C4CCC3CC(=Cc3ccc(C#N)c5ccccc35)C4)cc2)C1=O. The molecule has 2 amide bonds. The molecule has 3 aliphatic heterocycles. The van der Waals surface area contributed by atoms with E-state index in [4.69, 9.17) is 0 Å². The molecular weight excluding hydrogens is 484 g/mol. The first-order valence-electron chi connectivity index (χ1n) is 14.2. The van der Waals surface area contributed by atoms with Gasteiger partial charge in [-0.15, -0.1) is 0 Å². The first-order chi connectivity index (χ1) is 19.1. The van der Waals surface area contributed by atoms with Gasteiger partial charge in [-0.05, 0) is 79.9 Å². The minimum atomic E-state index is -0.417. The van der Waals surface area contributed by atoms with Crippen molar-refractivity contribution in [2.45, 2.75) is 70.0 Å². The number of anilines is 2. The minimum absolute atomic E-state index is 0.134. The van der Waals surface area contributed by atoms with Crippen LogP contribution in [0.1, 0.15) is 63.0 Å². The maximum atomic E-state index is 12.9. The maximum Gasteiger partial charge on any atom is 0.251 e. The van der Waals surface area contributed by atoms with Crippen molar-refractivity contribution in [2.24, 2.45) is 0 Å². The lowest BCUT2D eigenvalue weighted by atomic mass is 9.92.